The Bertz CT molecular complexity index is 334. The van der Waals surface area contributed by atoms with Crippen LogP contribution < -0.4 is 0 Å². The summed E-state index contributed by atoms with van der Waals surface area (Å²) in [4.78, 5) is 11.4. The Kier molecular flexibility index (Phi) is 3.02. The van der Waals surface area contributed by atoms with Gasteiger partial charge in [-0.2, -0.15) is 0 Å². The fraction of sp³-hybridized carbons (Fsp3) is 0.417. The third kappa shape index (κ3) is 2.18. The molecule has 15 heavy (non-hydrogen) atoms. The summed E-state index contributed by atoms with van der Waals surface area (Å²) >= 11 is 0. The molecule has 1 N–H and O–H groups in total. The van der Waals surface area contributed by atoms with Crippen LogP contribution in [0, 0.1) is 11.8 Å². The van der Waals surface area contributed by atoms with Gasteiger partial charge in [-0.15, -0.1) is 0 Å². The molecule has 0 spiro atoms. The first-order valence-corrected chi connectivity index (χ1v) is 5.12. The molecule has 0 saturated carbocycles. The lowest BCUT2D eigenvalue weighted by molar-refractivity contribution is -0.141. The number of hydrogen-bond donors (Lipinski definition) is 1. The predicted molar refractivity (Wildman–Crippen MR) is 55.2 cm³/mol. The number of carbonyl (C=O) groups is 1. The molecule has 1 fully saturated rings. The van der Waals surface area contributed by atoms with Crippen LogP contribution in [0.15, 0.2) is 30.3 Å². The van der Waals surface area contributed by atoms with Gasteiger partial charge in [0.1, 0.15) is 0 Å². The number of rotatable bonds is 3. The second-order valence-electron chi connectivity index (χ2n) is 3.87. The van der Waals surface area contributed by atoms with Gasteiger partial charge in [-0.3, -0.25) is 4.79 Å². The van der Waals surface area contributed by atoms with Crippen LogP contribution in [0.2, 0.25) is 0 Å². The number of benzene rings is 1. The van der Waals surface area contributed by atoms with Crippen molar-refractivity contribution in [1.82, 2.24) is 0 Å². The van der Waals surface area contributed by atoms with Crippen LogP contribution in [-0.2, 0) is 16.0 Å². The predicted octanol–water partition coefficient (Wildman–Crippen LogP) is 1.01. The third-order valence-electron chi connectivity index (χ3n) is 2.84. The van der Waals surface area contributed by atoms with E-state index in [1.807, 2.05) is 30.3 Å². The van der Waals surface area contributed by atoms with Crippen molar-refractivity contribution < 1.29 is 14.6 Å². The fourth-order valence-corrected chi connectivity index (χ4v) is 1.90. The molecule has 1 aromatic carbocycles. The standard InChI is InChI=1S/C12H14O3/c13-7-10-8-15-12(14)11(10)6-9-4-2-1-3-5-9/h1-5,10-11,13H,6-8H2/t10-,11+/m1/s1. The Morgan fingerprint density at radius 2 is 2.07 bits per heavy atom. The molecular formula is C12H14O3. The maximum atomic E-state index is 11.4. The largest absolute Gasteiger partial charge is 0.465 e. The molecule has 1 aliphatic heterocycles. The highest BCUT2D eigenvalue weighted by Crippen LogP contribution is 2.25. The lowest BCUT2D eigenvalue weighted by Crippen LogP contribution is -2.21. The molecule has 1 saturated heterocycles. The number of aliphatic hydroxyl groups is 1. The normalized spacial score (nSPS) is 25.3. The molecule has 80 valence electrons. The van der Waals surface area contributed by atoms with Gasteiger partial charge in [0.2, 0.25) is 0 Å². The highest BCUT2D eigenvalue weighted by molar-refractivity contribution is 5.75. The van der Waals surface area contributed by atoms with Gasteiger partial charge in [-0.1, -0.05) is 30.3 Å². The first kappa shape index (κ1) is 10.2. The van der Waals surface area contributed by atoms with Crippen LogP contribution in [0.3, 0.4) is 0 Å². The van der Waals surface area contributed by atoms with Crippen LogP contribution >= 0.6 is 0 Å². The summed E-state index contributed by atoms with van der Waals surface area (Å²) in [6.07, 6.45) is 0.658. The molecule has 0 bridgehead atoms. The topological polar surface area (TPSA) is 46.5 Å². The van der Waals surface area contributed by atoms with Crippen LogP contribution in [0.5, 0.6) is 0 Å². The maximum absolute atomic E-state index is 11.4. The van der Waals surface area contributed by atoms with E-state index in [9.17, 15) is 4.79 Å². The average molecular weight is 206 g/mol. The van der Waals surface area contributed by atoms with E-state index in [4.69, 9.17) is 9.84 Å². The minimum absolute atomic E-state index is 0.0171. The molecular weight excluding hydrogens is 192 g/mol. The second-order valence-corrected chi connectivity index (χ2v) is 3.87. The van der Waals surface area contributed by atoms with E-state index in [-0.39, 0.29) is 24.4 Å². The van der Waals surface area contributed by atoms with E-state index < -0.39 is 0 Å². The van der Waals surface area contributed by atoms with Crippen molar-refractivity contribution in [2.75, 3.05) is 13.2 Å². The molecule has 2 rings (SSSR count). The number of esters is 1. The summed E-state index contributed by atoms with van der Waals surface area (Å²) in [5.74, 6) is -0.409. The van der Waals surface area contributed by atoms with Crippen molar-refractivity contribution >= 4 is 5.97 Å². The molecule has 0 amide bonds. The zero-order valence-electron chi connectivity index (χ0n) is 8.43. The van der Waals surface area contributed by atoms with Gasteiger partial charge >= 0.3 is 5.97 Å². The molecule has 1 aromatic rings. The molecule has 1 heterocycles. The Hall–Kier alpha value is -1.35. The molecule has 3 heteroatoms. The zero-order chi connectivity index (χ0) is 10.7. The lowest BCUT2D eigenvalue weighted by atomic mass is 9.90. The van der Waals surface area contributed by atoms with E-state index in [2.05, 4.69) is 0 Å². The smallest absolute Gasteiger partial charge is 0.309 e. The summed E-state index contributed by atoms with van der Waals surface area (Å²) in [5, 5.41) is 9.10. The quantitative estimate of drug-likeness (QED) is 0.751. The minimum atomic E-state index is -0.183. The van der Waals surface area contributed by atoms with E-state index in [1.165, 1.54) is 0 Å². The van der Waals surface area contributed by atoms with Crippen LogP contribution in [0.25, 0.3) is 0 Å². The minimum Gasteiger partial charge on any atom is -0.465 e. The lowest BCUT2D eigenvalue weighted by Gasteiger charge is -2.11. The van der Waals surface area contributed by atoms with Crippen molar-refractivity contribution in [1.29, 1.82) is 0 Å². The number of cyclic esters (lactones) is 1. The molecule has 0 radical (unpaired) electrons. The summed E-state index contributed by atoms with van der Waals surface area (Å²) in [6.45, 7) is 0.371. The summed E-state index contributed by atoms with van der Waals surface area (Å²) in [6, 6.07) is 9.81. The van der Waals surface area contributed by atoms with Gasteiger partial charge in [0.15, 0.2) is 0 Å². The first-order chi connectivity index (χ1) is 7.31. The highest BCUT2D eigenvalue weighted by atomic mass is 16.5. The first-order valence-electron chi connectivity index (χ1n) is 5.12. The van der Waals surface area contributed by atoms with Gasteiger partial charge in [0, 0.05) is 12.5 Å². The summed E-state index contributed by atoms with van der Waals surface area (Å²) in [5.41, 5.74) is 1.11. The number of carbonyl (C=O) groups excluding carboxylic acids is 1. The number of ether oxygens (including phenoxy) is 1. The summed E-state index contributed by atoms with van der Waals surface area (Å²) < 4.78 is 4.94. The molecule has 0 unspecified atom stereocenters. The number of hydrogen-bond acceptors (Lipinski definition) is 3. The fourth-order valence-electron chi connectivity index (χ4n) is 1.90. The van der Waals surface area contributed by atoms with Gasteiger partial charge in [-0.25, -0.2) is 0 Å². The number of aliphatic hydroxyl groups excluding tert-OH is 1. The van der Waals surface area contributed by atoms with Gasteiger partial charge < -0.3 is 9.84 Å². The van der Waals surface area contributed by atoms with Crippen molar-refractivity contribution in [3.05, 3.63) is 35.9 Å². The summed E-state index contributed by atoms with van der Waals surface area (Å²) in [7, 11) is 0. The molecule has 2 atom stereocenters. The van der Waals surface area contributed by atoms with E-state index in [0.717, 1.165) is 5.56 Å². The third-order valence-corrected chi connectivity index (χ3v) is 2.84. The van der Waals surface area contributed by atoms with E-state index >= 15 is 0 Å². The maximum Gasteiger partial charge on any atom is 0.309 e. The zero-order valence-corrected chi connectivity index (χ0v) is 8.43. The Labute approximate surface area is 88.7 Å². The Morgan fingerprint density at radius 3 is 2.73 bits per heavy atom. The average Bonchev–Trinajstić information content (AvgIpc) is 2.62. The van der Waals surface area contributed by atoms with Crippen molar-refractivity contribution in [2.45, 2.75) is 6.42 Å². The van der Waals surface area contributed by atoms with E-state index in [0.29, 0.717) is 13.0 Å². The van der Waals surface area contributed by atoms with Crippen LogP contribution in [0.4, 0.5) is 0 Å². The Morgan fingerprint density at radius 1 is 1.33 bits per heavy atom. The second kappa shape index (κ2) is 4.45. The van der Waals surface area contributed by atoms with E-state index in [1.54, 1.807) is 0 Å². The highest BCUT2D eigenvalue weighted by Gasteiger charge is 2.36. The van der Waals surface area contributed by atoms with Crippen molar-refractivity contribution in [3.63, 3.8) is 0 Å². The molecule has 0 aliphatic carbocycles. The van der Waals surface area contributed by atoms with Gasteiger partial charge in [0.25, 0.3) is 0 Å². The van der Waals surface area contributed by atoms with Crippen molar-refractivity contribution in [2.24, 2.45) is 11.8 Å². The SMILES string of the molecule is O=C1OC[C@@H](CO)[C@@H]1Cc1ccccc1. The molecule has 0 aromatic heterocycles. The van der Waals surface area contributed by atoms with Gasteiger partial charge in [0.05, 0.1) is 12.5 Å². The van der Waals surface area contributed by atoms with Crippen LogP contribution in [0.1, 0.15) is 5.56 Å². The van der Waals surface area contributed by atoms with Gasteiger partial charge in [-0.05, 0) is 12.0 Å². The molecule has 1 aliphatic rings. The van der Waals surface area contributed by atoms with Crippen LogP contribution in [-0.4, -0.2) is 24.3 Å². The monoisotopic (exact) mass is 206 g/mol. The van der Waals surface area contributed by atoms with Crippen molar-refractivity contribution in [3.8, 4) is 0 Å². The Balaban J connectivity index is 2.07. The molecule has 3 nitrogen and oxygen atoms in total.